The van der Waals surface area contributed by atoms with E-state index in [4.69, 9.17) is 14.2 Å². The molecule has 1 aliphatic carbocycles. The van der Waals surface area contributed by atoms with Gasteiger partial charge in [0.05, 0.1) is 30.4 Å². The van der Waals surface area contributed by atoms with Gasteiger partial charge in [0.25, 0.3) is 0 Å². The minimum Gasteiger partial charge on any atom is -0.472 e. The topological polar surface area (TPSA) is 123 Å². The molecule has 1 aliphatic heterocycles. The number of methoxy groups -OCH3 is 1. The Morgan fingerprint density at radius 2 is 1.89 bits per heavy atom. The van der Waals surface area contributed by atoms with Crippen LogP contribution < -0.4 is 0 Å². The van der Waals surface area contributed by atoms with Gasteiger partial charge in [0.15, 0.2) is 0 Å². The summed E-state index contributed by atoms with van der Waals surface area (Å²) in [5.41, 5.74) is -1.71. The van der Waals surface area contributed by atoms with Crippen LogP contribution in [0.25, 0.3) is 0 Å². The zero-order valence-corrected chi connectivity index (χ0v) is 16.1. The molecule has 3 N–H and O–H groups in total. The van der Waals surface area contributed by atoms with Crippen LogP contribution in [0.2, 0.25) is 0 Å². The van der Waals surface area contributed by atoms with Gasteiger partial charge in [-0.1, -0.05) is 12.1 Å². The second kappa shape index (κ2) is 7.23. The first-order valence-electron chi connectivity index (χ1n) is 8.18. The normalized spacial score (nSPS) is 34.9. The highest BCUT2D eigenvalue weighted by molar-refractivity contribution is 9.10. The summed E-state index contributed by atoms with van der Waals surface area (Å²) in [5.74, 6) is -3.65. The Hall–Kier alpha value is -1.94. The highest BCUT2D eigenvalue weighted by atomic mass is 79.9. The summed E-state index contributed by atoms with van der Waals surface area (Å²) in [5, 5.41) is 31.5. The van der Waals surface area contributed by atoms with Gasteiger partial charge in [0, 0.05) is 10.4 Å². The molecule has 8 nitrogen and oxygen atoms in total. The lowest BCUT2D eigenvalue weighted by atomic mass is 9.81. The lowest BCUT2D eigenvalue weighted by Crippen LogP contribution is -2.48. The highest BCUT2D eigenvalue weighted by Crippen LogP contribution is 2.50. The van der Waals surface area contributed by atoms with E-state index >= 15 is 0 Å². The quantitative estimate of drug-likeness (QED) is 0.585. The van der Waals surface area contributed by atoms with Crippen LogP contribution in [-0.2, 0) is 19.0 Å². The number of aliphatic hydroxyl groups excluding tert-OH is 2. The van der Waals surface area contributed by atoms with Crippen LogP contribution >= 0.6 is 15.9 Å². The summed E-state index contributed by atoms with van der Waals surface area (Å²) in [7, 11) is 1.16. The zero-order chi connectivity index (χ0) is 19.9. The molecule has 146 valence electrons. The molecule has 2 aliphatic rings. The van der Waals surface area contributed by atoms with Crippen molar-refractivity contribution in [2.45, 2.75) is 31.0 Å². The fourth-order valence-corrected chi connectivity index (χ4v) is 4.14. The maximum Gasteiger partial charge on any atom is 0.339 e. The third kappa shape index (κ3) is 3.25. The van der Waals surface area contributed by atoms with E-state index in [-0.39, 0.29) is 11.1 Å². The Balaban J connectivity index is 1.99. The average Bonchev–Trinajstić information content (AvgIpc) is 2.83. The van der Waals surface area contributed by atoms with E-state index in [1.54, 1.807) is 18.2 Å². The van der Waals surface area contributed by atoms with E-state index in [1.807, 2.05) is 0 Å². The molecule has 1 aromatic carbocycles. The minimum absolute atomic E-state index is 0.0467. The van der Waals surface area contributed by atoms with E-state index in [2.05, 4.69) is 15.9 Å². The summed E-state index contributed by atoms with van der Waals surface area (Å²) >= 11 is 3.25. The lowest BCUT2D eigenvalue weighted by Gasteiger charge is -2.36. The monoisotopic (exact) mass is 442 g/mol. The second-order valence-corrected chi connectivity index (χ2v) is 7.52. The van der Waals surface area contributed by atoms with Gasteiger partial charge in [-0.3, -0.25) is 0 Å². The molecule has 1 aromatic rings. The van der Waals surface area contributed by atoms with E-state index in [0.29, 0.717) is 4.47 Å². The number of halogens is 1. The van der Waals surface area contributed by atoms with Crippen LogP contribution in [0.15, 0.2) is 40.6 Å². The minimum atomic E-state index is -1.88. The molecule has 0 bridgehead atoms. The highest BCUT2D eigenvalue weighted by Gasteiger charge is 2.64. The Morgan fingerprint density at radius 3 is 2.52 bits per heavy atom. The van der Waals surface area contributed by atoms with Crippen molar-refractivity contribution in [3.05, 3.63) is 46.1 Å². The van der Waals surface area contributed by atoms with Crippen molar-refractivity contribution < 1.29 is 39.1 Å². The van der Waals surface area contributed by atoms with Crippen molar-refractivity contribution in [3.8, 4) is 0 Å². The SMILES string of the molecule is COC(=O)C1=COC(O)[C@H]2[C@@H]1[C@H](OC(=O)c1ccccc1Br)[C@H](O)[C@]2(C)O. The number of ether oxygens (including phenoxy) is 3. The Kier molecular flexibility index (Phi) is 5.31. The van der Waals surface area contributed by atoms with Crippen molar-refractivity contribution in [2.24, 2.45) is 11.8 Å². The van der Waals surface area contributed by atoms with Gasteiger partial charge in [-0.25, -0.2) is 9.59 Å². The molecule has 1 saturated carbocycles. The van der Waals surface area contributed by atoms with Crippen LogP contribution in [0, 0.1) is 11.8 Å². The predicted octanol–water partition coefficient (Wildman–Crippen LogP) is 0.738. The molecule has 0 aromatic heterocycles. The third-order valence-corrected chi connectivity index (χ3v) is 5.78. The molecule has 0 spiro atoms. The Morgan fingerprint density at radius 1 is 1.22 bits per heavy atom. The largest absolute Gasteiger partial charge is 0.472 e. The van der Waals surface area contributed by atoms with Gasteiger partial charge in [-0.05, 0) is 35.0 Å². The van der Waals surface area contributed by atoms with Crippen molar-refractivity contribution in [3.63, 3.8) is 0 Å². The standard InChI is InChI=1S/C18H19BrO8/c1-18(24)12-11(9(15(21)25-2)7-26-17(12)23)13(14(18)20)27-16(22)8-5-3-4-6-10(8)19/h3-7,11-14,17,20,23-24H,1-2H3/t11-,12-,13+,14+,17?,18-/m1/s1. The van der Waals surface area contributed by atoms with E-state index in [1.165, 1.54) is 13.0 Å². The van der Waals surface area contributed by atoms with Crippen molar-refractivity contribution in [2.75, 3.05) is 7.11 Å². The second-order valence-electron chi connectivity index (χ2n) is 6.66. The van der Waals surface area contributed by atoms with Gasteiger partial charge >= 0.3 is 11.9 Å². The first-order chi connectivity index (χ1) is 12.7. The van der Waals surface area contributed by atoms with E-state index in [0.717, 1.165) is 13.4 Å². The number of rotatable bonds is 3. The predicted molar refractivity (Wildman–Crippen MR) is 94.1 cm³/mol. The number of fused-ring (bicyclic) bond motifs is 1. The van der Waals surface area contributed by atoms with Gasteiger partial charge in [-0.2, -0.15) is 0 Å². The van der Waals surface area contributed by atoms with Gasteiger partial charge in [0.1, 0.15) is 17.8 Å². The summed E-state index contributed by atoms with van der Waals surface area (Å²) in [4.78, 5) is 24.7. The number of hydrogen-bond acceptors (Lipinski definition) is 8. The van der Waals surface area contributed by atoms with Crippen molar-refractivity contribution >= 4 is 27.9 Å². The summed E-state index contributed by atoms with van der Waals surface area (Å²) < 4.78 is 15.7. The molecular formula is C18H19BrO8. The molecule has 27 heavy (non-hydrogen) atoms. The van der Waals surface area contributed by atoms with Gasteiger partial charge in [-0.15, -0.1) is 0 Å². The first-order valence-corrected chi connectivity index (χ1v) is 8.97. The van der Waals surface area contributed by atoms with E-state index < -0.39 is 47.9 Å². The van der Waals surface area contributed by atoms with Gasteiger partial charge in [0.2, 0.25) is 6.29 Å². The molecule has 6 atom stereocenters. The number of esters is 2. The summed E-state index contributed by atoms with van der Waals surface area (Å²) in [6, 6.07) is 6.54. The summed E-state index contributed by atoms with van der Waals surface area (Å²) in [6.45, 7) is 1.29. The van der Waals surface area contributed by atoms with Crippen LogP contribution in [0.4, 0.5) is 0 Å². The summed E-state index contributed by atoms with van der Waals surface area (Å²) in [6.07, 6.45) is -3.36. The van der Waals surface area contributed by atoms with Crippen molar-refractivity contribution in [1.82, 2.24) is 0 Å². The maximum absolute atomic E-state index is 12.6. The number of benzene rings is 1. The molecule has 0 amide bonds. The third-order valence-electron chi connectivity index (χ3n) is 5.08. The lowest BCUT2D eigenvalue weighted by molar-refractivity contribution is -0.179. The molecule has 0 radical (unpaired) electrons. The number of carbonyl (C=O) groups excluding carboxylic acids is 2. The van der Waals surface area contributed by atoms with E-state index in [9.17, 15) is 24.9 Å². The zero-order valence-electron chi connectivity index (χ0n) is 14.5. The number of hydrogen-bond donors (Lipinski definition) is 3. The molecule has 9 heteroatoms. The van der Waals surface area contributed by atoms with Crippen LogP contribution in [-0.4, -0.2) is 58.5 Å². The molecule has 1 fully saturated rings. The molecule has 1 heterocycles. The first kappa shape index (κ1) is 19.8. The average molecular weight is 443 g/mol. The fraction of sp³-hybridized carbons (Fsp3) is 0.444. The number of carbonyl (C=O) groups is 2. The molecular weight excluding hydrogens is 424 g/mol. The van der Waals surface area contributed by atoms with Crippen LogP contribution in [0.3, 0.4) is 0 Å². The smallest absolute Gasteiger partial charge is 0.339 e. The maximum atomic E-state index is 12.6. The Bertz CT molecular complexity index is 789. The number of aliphatic hydroxyl groups is 3. The van der Waals surface area contributed by atoms with Crippen LogP contribution in [0.1, 0.15) is 17.3 Å². The molecule has 1 unspecified atom stereocenters. The molecule has 0 saturated heterocycles. The van der Waals surface area contributed by atoms with Gasteiger partial charge < -0.3 is 29.5 Å². The van der Waals surface area contributed by atoms with Crippen LogP contribution in [0.5, 0.6) is 0 Å². The van der Waals surface area contributed by atoms with Crippen molar-refractivity contribution in [1.29, 1.82) is 0 Å². The molecule has 3 rings (SSSR count). The Labute approximate surface area is 163 Å². The fourth-order valence-electron chi connectivity index (χ4n) is 3.69.